The van der Waals surface area contributed by atoms with Crippen LogP contribution in [0.15, 0.2) is 48.5 Å². The van der Waals surface area contributed by atoms with Gasteiger partial charge in [-0.2, -0.15) is 0 Å². The van der Waals surface area contributed by atoms with E-state index in [0.29, 0.717) is 6.61 Å². The zero-order chi connectivity index (χ0) is 14.4. The van der Waals surface area contributed by atoms with Gasteiger partial charge in [0.15, 0.2) is 0 Å². The largest absolute Gasteiger partial charge is 0.492 e. The summed E-state index contributed by atoms with van der Waals surface area (Å²) in [5.74, 6) is 0.905. The average molecular weight is 290 g/mol. The number of benzene rings is 2. The third-order valence-electron chi connectivity index (χ3n) is 3.12. The molecule has 0 saturated carbocycles. The molecule has 0 heterocycles. The Morgan fingerprint density at radius 1 is 1.10 bits per heavy atom. The van der Waals surface area contributed by atoms with E-state index < -0.39 is 0 Å². The van der Waals surface area contributed by atoms with Crippen LogP contribution < -0.4 is 10.1 Å². The van der Waals surface area contributed by atoms with E-state index >= 15 is 0 Å². The van der Waals surface area contributed by atoms with Crippen molar-refractivity contribution in [2.75, 3.05) is 6.61 Å². The second-order valence-corrected chi connectivity index (χ2v) is 5.40. The molecular weight excluding hydrogens is 270 g/mol. The number of hydrogen-bond donors (Lipinski definition) is 1. The minimum Gasteiger partial charge on any atom is -0.492 e. The minimum atomic E-state index is 0.257. The summed E-state index contributed by atoms with van der Waals surface area (Å²) >= 11 is 6.12. The molecule has 0 aromatic heterocycles. The van der Waals surface area contributed by atoms with Gasteiger partial charge in [-0.1, -0.05) is 47.5 Å². The van der Waals surface area contributed by atoms with E-state index in [0.717, 1.165) is 22.9 Å². The SMILES string of the molecule is Cc1ccc(OCC(C)NCc2ccccc2Cl)cc1. The number of rotatable bonds is 6. The highest BCUT2D eigenvalue weighted by molar-refractivity contribution is 6.31. The molecule has 0 saturated heterocycles. The predicted molar refractivity (Wildman–Crippen MR) is 84.4 cm³/mol. The zero-order valence-electron chi connectivity index (χ0n) is 11.9. The first kappa shape index (κ1) is 14.9. The molecule has 20 heavy (non-hydrogen) atoms. The van der Waals surface area contributed by atoms with E-state index in [1.165, 1.54) is 5.56 Å². The van der Waals surface area contributed by atoms with Crippen LogP contribution >= 0.6 is 11.6 Å². The molecule has 0 amide bonds. The lowest BCUT2D eigenvalue weighted by Gasteiger charge is -2.15. The second-order valence-electron chi connectivity index (χ2n) is 5.00. The standard InChI is InChI=1S/C17H20ClNO/c1-13-7-9-16(10-8-13)20-12-14(2)19-11-15-5-3-4-6-17(15)18/h3-10,14,19H,11-12H2,1-2H3. The fourth-order valence-corrected chi connectivity index (χ4v) is 2.04. The molecule has 1 unspecified atom stereocenters. The summed E-state index contributed by atoms with van der Waals surface area (Å²) in [6.07, 6.45) is 0. The summed E-state index contributed by atoms with van der Waals surface area (Å²) in [6, 6.07) is 16.2. The molecule has 2 aromatic carbocycles. The summed E-state index contributed by atoms with van der Waals surface area (Å²) in [5, 5.41) is 4.21. The third-order valence-corrected chi connectivity index (χ3v) is 3.49. The van der Waals surface area contributed by atoms with Crippen molar-refractivity contribution < 1.29 is 4.74 Å². The maximum absolute atomic E-state index is 6.12. The molecular formula is C17H20ClNO. The molecule has 1 N–H and O–H groups in total. The summed E-state index contributed by atoms with van der Waals surface area (Å²) < 4.78 is 5.75. The Bertz CT molecular complexity index is 539. The van der Waals surface area contributed by atoms with Crippen molar-refractivity contribution in [2.24, 2.45) is 0 Å². The number of aryl methyl sites for hydroxylation is 1. The number of halogens is 1. The van der Waals surface area contributed by atoms with Crippen molar-refractivity contribution in [1.29, 1.82) is 0 Å². The molecule has 0 aliphatic carbocycles. The minimum absolute atomic E-state index is 0.257. The van der Waals surface area contributed by atoms with Crippen molar-refractivity contribution in [3.05, 3.63) is 64.7 Å². The van der Waals surface area contributed by atoms with Crippen LogP contribution in [0.5, 0.6) is 5.75 Å². The third kappa shape index (κ3) is 4.55. The molecule has 0 radical (unpaired) electrons. The van der Waals surface area contributed by atoms with Crippen LogP contribution in [0.2, 0.25) is 5.02 Å². The molecule has 0 aliphatic heterocycles. The van der Waals surface area contributed by atoms with E-state index in [1.54, 1.807) is 0 Å². The zero-order valence-corrected chi connectivity index (χ0v) is 12.7. The average Bonchev–Trinajstić information content (AvgIpc) is 2.46. The fourth-order valence-electron chi connectivity index (χ4n) is 1.84. The fraction of sp³-hybridized carbons (Fsp3) is 0.294. The van der Waals surface area contributed by atoms with Crippen LogP contribution in [0, 0.1) is 6.92 Å². The van der Waals surface area contributed by atoms with Gasteiger partial charge >= 0.3 is 0 Å². The van der Waals surface area contributed by atoms with Gasteiger partial charge < -0.3 is 10.1 Å². The molecule has 0 aliphatic rings. The van der Waals surface area contributed by atoms with Gasteiger partial charge in [0.1, 0.15) is 12.4 Å². The van der Waals surface area contributed by atoms with Gasteiger partial charge in [-0.05, 0) is 37.6 Å². The van der Waals surface area contributed by atoms with Gasteiger partial charge in [0.05, 0.1) is 0 Å². The van der Waals surface area contributed by atoms with Crippen molar-refractivity contribution in [2.45, 2.75) is 26.4 Å². The highest BCUT2D eigenvalue weighted by Crippen LogP contribution is 2.15. The lowest BCUT2D eigenvalue weighted by atomic mass is 10.2. The summed E-state index contributed by atoms with van der Waals surface area (Å²) in [4.78, 5) is 0. The van der Waals surface area contributed by atoms with Gasteiger partial charge in [-0.15, -0.1) is 0 Å². The van der Waals surface area contributed by atoms with E-state index in [-0.39, 0.29) is 6.04 Å². The molecule has 2 aromatic rings. The van der Waals surface area contributed by atoms with Crippen molar-refractivity contribution in [3.63, 3.8) is 0 Å². The number of hydrogen-bond acceptors (Lipinski definition) is 2. The van der Waals surface area contributed by atoms with Gasteiger partial charge in [-0.3, -0.25) is 0 Å². The van der Waals surface area contributed by atoms with Gasteiger partial charge in [0.25, 0.3) is 0 Å². The first-order chi connectivity index (χ1) is 9.65. The van der Waals surface area contributed by atoms with E-state index in [4.69, 9.17) is 16.3 Å². The van der Waals surface area contributed by atoms with E-state index in [2.05, 4.69) is 31.3 Å². The normalized spacial score (nSPS) is 12.2. The first-order valence-electron chi connectivity index (χ1n) is 6.81. The Balaban J connectivity index is 1.77. The van der Waals surface area contributed by atoms with Gasteiger partial charge in [0.2, 0.25) is 0 Å². The van der Waals surface area contributed by atoms with Crippen molar-refractivity contribution in [3.8, 4) is 5.75 Å². The maximum Gasteiger partial charge on any atom is 0.119 e. The molecule has 0 spiro atoms. The Kier molecular flexibility index (Phi) is 5.45. The monoisotopic (exact) mass is 289 g/mol. The van der Waals surface area contributed by atoms with Crippen LogP contribution in [0.4, 0.5) is 0 Å². The smallest absolute Gasteiger partial charge is 0.119 e. The molecule has 0 fully saturated rings. The summed E-state index contributed by atoms with van der Waals surface area (Å²) in [5.41, 5.74) is 2.35. The van der Waals surface area contributed by atoms with Crippen molar-refractivity contribution in [1.82, 2.24) is 5.32 Å². The molecule has 2 nitrogen and oxygen atoms in total. The lowest BCUT2D eigenvalue weighted by Crippen LogP contribution is -2.31. The predicted octanol–water partition coefficient (Wildman–Crippen LogP) is 4.21. The van der Waals surface area contributed by atoms with E-state index in [9.17, 15) is 0 Å². The van der Waals surface area contributed by atoms with Crippen LogP contribution in [0.1, 0.15) is 18.1 Å². The number of nitrogens with one attached hydrogen (secondary N) is 1. The highest BCUT2D eigenvalue weighted by Gasteiger charge is 2.04. The van der Waals surface area contributed by atoms with E-state index in [1.807, 2.05) is 36.4 Å². The van der Waals surface area contributed by atoms with Crippen molar-refractivity contribution >= 4 is 11.6 Å². The van der Waals surface area contributed by atoms with Crippen LogP contribution in [0.25, 0.3) is 0 Å². The van der Waals surface area contributed by atoms with Crippen LogP contribution in [-0.2, 0) is 6.54 Å². The molecule has 1 atom stereocenters. The highest BCUT2D eigenvalue weighted by atomic mass is 35.5. The Hall–Kier alpha value is -1.51. The summed E-state index contributed by atoms with van der Waals surface area (Å²) in [7, 11) is 0. The molecule has 2 rings (SSSR count). The van der Waals surface area contributed by atoms with Gasteiger partial charge in [0, 0.05) is 17.6 Å². The molecule has 0 bridgehead atoms. The Labute approximate surface area is 125 Å². The summed E-state index contributed by atoms with van der Waals surface area (Å²) in [6.45, 7) is 5.55. The van der Waals surface area contributed by atoms with Crippen LogP contribution in [-0.4, -0.2) is 12.6 Å². The second kappa shape index (κ2) is 7.32. The van der Waals surface area contributed by atoms with Gasteiger partial charge in [-0.25, -0.2) is 0 Å². The quantitative estimate of drug-likeness (QED) is 0.860. The lowest BCUT2D eigenvalue weighted by molar-refractivity contribution is 0.272. The van der Waals surface area contributed by atoms with Crippen LogP contribution in [0.3, 0.4) is 0 Å². The first-order valence-corrected chi connectivity index (χ1v) is 7.19. The molecule has 3 heteroatoms. The Morgan fingerprint density at radius 3 is 2.50 bits per heavy atom. The molecule has 106 valence electrons. The topological polar surface area (TPSA) is 21.3 Å². The number of ether oxygens (including phenoxy) is 1. The Morgan fingerprint density at radius 2 is 1.80 bits per heavy atom. The maximum atomic E-state index is 6.12.